The Morgan fingerprint density at radius 2 is 1.83 bits per heavy atom. The summed E-state index contributed by atoms with van der Waals surface area (Å²) in [6.45, 7) is 2.30. The lowest BCUT2D eigenvalue weighted by molar-refractivity contribution is -0.130. The van der Waals surface area contributed by atoms with Gasteiger partial charge in [-0.2, -0.15) is 0 Å². The number of rotatable bonds is 3. The average molecular weight is 407 g/mol. The quantitative estimate of drug-likeness (QED) is 0.528. The van der Waals surface area contributed by atoms with Crippen molar-refractivity contribution in [1.82, 2.24) is 0 Å². The number of ether oxygens (including phenoxy) is 1. The van der Waals surface area contributed by atoms with Gasteiger partial charge in [-0.3, -0.25) is 4.79 Å². The summed E-state index contributed by atoms with van der Waals surface area (Å²) in [5.74, 6) is 1.22. The minimum absolute atomic E-state index is 0.0264. The standard InChI is InChI=1S/C26H30O4/c1-25-13-12-22-20(8-7-18-15-19(28)11-14-26(18,22)16-27)21(25)9-10-23(25)30-24(29)17-5-3-2-4-6-17/h2-6,15-16,20-23H,7-14H2,1H3/t20-,21+,22-,23+,25-,26+/m1/s1. The van der Waals surface area contributed by atoms with Crippen molar-refractivity contribution in [3.8, 4) is 0 Å². The lowest BCUT2D eigenvalue weighted by Crippen LogP contribution is -2.53. The molecular weight excluding hydrogens is 376 g/mol. The third-order valence-corrected chi connectivity index (χ3v) is 8.95. The molecule has 4 aliphatic carbocycles. The summed E-state index contributed by atoms with van der Waals surface area (Å²) in [5, 5.41) is 0. The largest absolute Gasteiger partial charge is 0.458 e. The molecule has 1 aromatic carbocycles. The molecule has 0 radical (unpaired) electrons. The van der Waals surface area contributed by atoms with Crippen molar-refractivity contribution < 1.29 is 19.1 Å². The summed E-state index contributed by atoms with van der Waals surface area (Å²) in [6.07, 6.45) is 9.86. The fraction of sp³-hybridized carbons (Fsp3) is 0.577. The Bertz CT molecular complexity index is 903. The predicted molar refractivity (Wildman–Crippen MR) is 113 cm³/mol. The van der Waals surface area contributed by atoms with Gasteiger partial charge in [0.25, 0.3) is 0 Å². The maximum atomic E-state index is 12.7. The first-order valence-corrected chi connectivity index (χ1v) is 11.4. The molecule has 4 heteroatoms. The van der Waals surface area contributed by atoms with Gasteiger partial charge in [0, 0.05) is 11.8 Å². The molecule has 0 unspecified atom stereocenters. The molecule has 30 heavy (non-hydrogen) atoms. The molecule has 0 bridgehead atoms. The second-order valence-corrected chi connectivity index (χ2v) is 10.1. The van der Waals surface area contributed by atoms with E-state index < -0.39 is 5.41 Å². The maximum absolute atomic E-state index is 12.7. The number of allylic oxidation sites excluding steroid dienone is 1. The number of benzene rings is 1. The number of aldehydes is 1. The second-order valence-electron chi connectivity index (χ2n) is 10.1. The van der Waals surface area contributed by atoms with E-state index in [1.807, 2.05) is 18.2 Å². The van der Waals surface area contributed by atoms with Gasteiger partial charge in [-0.1, -0.05) is 30.7 Å². The molecule has 0 saturated heterocycles. The second kappa shape index (κ2) is 7.18. The van der Waals surface area contributed by atoms with Gasteiger partial charge in [-0.05, 0) is 80.9 Å². The minimum Gasteiger partial charge on any atom is -0.458 e. The number of carbonyl (C=O) groups excluding carboxylic acids is 3. The van der Waals surface area contributed by atoms with Gasteiger partial charge < -0.3 is 9.53 Å². The van der Waals surface area contributed by atoms with Crippen LogP contribution in [-0.4, -0.2) is 24.1 Å². The molecule has 158 valence electrons. The number of carbonyl (C=O) groups is 3. The van der Waals surface area contributed by atoms with E-state index in [0.717, 1.165) is 44.1 Å². The topological polar surface area (TPSA) is 60.4 Å². The Labute approximate surface area is 178 Å². The van der Waals surface area contributed by atoms with E-state index in [-0.39, 0.29) is 23.3 Å². The first-order valence-electron chi connectivity index (χ1n) is 11.4. The Hall–Kier alpha value is -2.23. The summed E-state index contributed by atoms with van der Waals surface area (Å²) in [4.78, 5) is 37.1. The van der Waals surface area contributed by atoms with Crippen LogP contribution in [0.3, 0.4) is 0 Å². The predicted octanol–water partition coefficient (Wildman–Crippen LogP) is 4.92. The number of hydrogen-bond acceptors (Lipinski definition) is 4. The highest BCUT2D eigenvalue weighted by Gasteiger charge is 2.61. The molecule has 3 fully saturated rings. The third-order valence-electron chi connectivity index (χ3n) is 8.95. The smallest absolute Gasteiger partial charge is 0.338 e. The summed E-state index contributed by atoms with van der Waals surface area (Å²) in [5.41, 5.74) is 1.24. The molecule has 0 amide bonds. The van der Waals surface area contributed by atoms with Crippen LogP contribution in [0.15, 0.2) is 42.0 Å². The highest BCUT2D eigenvalue weighted by Crippen LogP contribution is 2.65. The van der Waals surface area contributed by atoms with Crippen LogP contribution in [0.4, 0.5) is 0 Å². The van der Waals surface area contributed by atoms with E-state index in [4.69, 9.17) is 4.74 Å². The van der Waals surface area contributed by atoms with Crippen LogP contribution < -0.4 is 0 Å². The van der Waals surface area contributed by atoms with Gasteiger partial charge in [0.05, 0.1) is 11.0 Å². The SMILES string of the molecule is C[C@@]12CC[C@@H]3[C@H](CCC4=CC(=O)CC[C@]43C=O)[C@@H]1CC[C@@H]2OC(=O)c1ccccc1. The molecule has 0 spiro atoms. The zero-order valence-corrected chi connectivity index (χ0v) is 17.6. The maximum Gasteiger partial charge on any atom is 0.338 e. The van der Waals surface area contributed by atoms with Crippen molar-refractivity contribution in [2.24, 2.45) is 28.6 Å². The Balaban J connectivity index is 1.39. The van der Waals surface area contributed by atoms with Crippen LogP contribution in [0.2, 0.25) is 0 Å². The van der Waals surface area contributed by atoms with Gasteiger partial charge in [-0.25, -0.2) is 4.79 Å². The first kappa shape index (κ1) is 19.7. The van der Waals surface area contributed by atoms with Crippen LogP contribution >= 0.6 is 0 Å². The van der Waals surface area contributed by atoms with Crippen LogP contribution in [0.5, 0.6) is 0 Å². The van der Waals surface area contributed by atoms with Crippen molar-refractivity contribution in [2.75, 3.05) is 0 Å². The van der Waals surface area contributed by atoms with Crippen molar-refractivity contribution in [2.45, 2.75) is 64.4 Å². The van der Waals surface area contributed by atoms with Crippen molar-refractivity contribution in [3.63, 3.8) is 0 Å². The normalized spacial score (nSPS) is 39.9. The molecule has 4 aliphatic rings. The number of ketones is 1. The fourth-order valence-electron chi connectivity index (χ4n) is 7.41. The molecule has 3 saturated carbocycles. The third kappa shape index (κ3) is 2.83. The van der Waals surface area contributed by atoms with E-state index >= 15 is 0 Å². The number of fused-ring (bicyclic) bond motifs is 5. The van der Waals surface area contributed by atoms with E-state index in [1.54, 1.807) is 18.2 Å². The van der Waals surface area contributed by atoms with Gasteiger partial charge in [0.15, 0.2) is 5.78 Å². The Morgan fingerprint density at radius 1 is 1.03 bits per heavy atom. The molecule has 5 rings (SSSR count). The molecule has 4 nitrogen and oxygen atoms in total. The Morgan fingerprint density at radius 3 is 2.60 bits per heavy atom. The van der Waals surface area contributed by atoms with Gasteiger partial charge in [0.2, 0.25) is 0 Å². The van der Waals surface area contributed by atoms with Gasteiger partial charge >= 0.3 is 5.97 Å². The lowest BCUT2D eigenvalue weighted by atomic mass is 9.47. The monoisotopic (exact) mass is 406 g/mol. The summed E-state index contributed by atoms with van der Waals surface area (Å²) in [6, 6.07) is 9.24. The zero-order chi connectivity index (χ0) is 20.9. The van der Waals surface area contributed by atoms with Crippen molar-refractivity contribution in [1.29, 1.82) is 0 Å². The first-order chi connectivity index (χ1) is 14.5. The fourth-order valence-corrected chi connectivity index (χ4v) is 7.41. The van der Waals surface area contributed by atoms with Crippen LogP contribution in [0.25, 0.3) is 0 Å². The van der Waals surface area contributed by atoms with Crippen LogP contribution in [0.1, 0.15) is 68.6 Å². The molecular formula is C26H30O4. The molecule has 6 atom stereocenters. The molecule has 0 N–H and O–H groups in total. The Kier molecular flexibility index (Phi) is 4.72. The van der Waals surface area contributed by atoms with Gasteiger partial charge in [-0.15, -0.1) is 0 Å². The lowest BCUT2D eigenvalue weighted by Gasteiger charge is -2.56. The van der Waals surface area contributed by atoms with Crippen molar-refractivity contribution >= 4 is 18.0 Å². The molecule has 0 aliphatic heterocycles. The molecule has 1 aromatic rings. The van der Waals surface area contributed by atoms with Crippen LogP contribution in [0, 0.1) is 28.6 Å². The van der Waals surface area contributed by atoms with E-state index in [0.29, 0.717) is 36.2 Å². The average Bonchev–Trinajstić information content (AvgIpc) is 3.10. The van der Waals surface area contributed by atoms with E-state index in [1.165, 1.54) is 6.29 Å². The van der Waals surface area contributed by atoms with Gasteiger partial charge in [0.1, 0.15) is 12.4 Å². The van der Waals surface area contributed by atoms with Crippen LogP contribution in [-0.2, 0) is 14.3 Å². The molecule has 0 heterocycles. The zero-order valence-electron chi connectivity index (χ0n) is 17.6. The highest BCUT2D eigenvalue weighted by atomic mass is 16.5. The summed E-state index contributed by atoms with van der Waals surface area (Å²) in [7, 11) is 0. The summed E-state index contributed by atoms with van der Waals surface area (Å²) < 4.78 is 6.06. The number of esters is 1. The van der Waals surface area contributed by atoms with E-state index in [9.17, 15) is 14.4 Å². The summed E-state index contributed by atoms with van der Waals surface area (Å²) >= 11 is 0. The van der Waals surface area contributed by atoms with Crippen molar-refractivity contribution in [3.05, 3.63) is 47.5 Å². The highest BCUT2D eigenvalue weighted by molar-refractivity contribution is 5.93. The number of hydrogen-bond donors (Lipinski definition) is 0. The minimum atomic E-state index is -0.434. The van der Waals surface area contributed by atoms with E-state index in [2.05, 4.69) is 6.92 Å². The molecule has 0 aromatic heterocycles.